The fraction of sp³-hybridized carbons (Fsp3) is 0.429. The summed E-state index contributed by atoms with van der Waals surface area (Å²) < 4.78 is 0. The molecule has 7 heteroatoms. The van der Waals surface area contributed by atoms with Gasteiger partial charge in [-0.05, 0) is 18.4 Å². The topological polar surface area (TPSA) is 64.0 Å². The largest absolute Gasteiger partial charge is 0.394 e. The van der Waals surface area contributed by atoms with Crippen LogP contribution in [0.2, 0.25) is 0 Å². The van der Waals surface area contributed by atoms with E-state index < -0.39 is 0 Å². The lowest BCUT2D eigenvalue weighted by atomic mass is 10.2. The maximum atomic E-state index is 3.95. The van der Waals surface area contributed by atoms with Crippen molar-refractivity contribution in [3.63, 3.8) is 0 Å². The molecule has 0 saturated heterocycles. The van der Waals surface area contributed by atoms with Gasteiger partial charge < -0.3 is 10.7 Å². The Hall–Kier alpha value is -1.73. The zero-order valence-corrected chi connectivity index (χ0v) is 14.1. The van der Waals surface area contributed by atoms with Gasteiger partial charge in [-0.3, -0.25) is 5.01 Å². The second-order valence-electron chi connectivity index (χ2n) is 4.15. The monoisotopic (exact) mass is 310 g/mol. The van der Waals surface area contributed by atoms with Crippen molar-refractivity contribution >= 4 is 11.8 Å². The summed E-state index contributed by atoms with van der Waals surface area (Å²) in [7, 11) is 5.51. The summed E-state index contributed by atoms with van der Waals surface area (Å²) in [5, 5.41) is 14.4. The fourth-order valence-corrected chi connectivity index (χ4v) is 1.58. The van der Waals surface area contributed by atoms with Gasteiger partial charge in [-0.25, -0.2) is 5.43 Å². The van der Waals surface area contributed by atoms with Crippen molar-refractivity contribution < 1.29 is 0 Å². The second-order valence-corrected chi connectivity index (χ2v) is 5.05. The van der Waals surface area contributed by atoms with E-state index in [1.807, 2.05) is 57.9 Å². The molecule has 0 aromatic rings. The Kier molecular flexibility index (Phi) is 12.2. The quantitative estimate of drug-likeness (QED) is 0.180. The van der Waals surface area contributed by atoms with Crippen LogP contribution >= 0.6 is 11.8 Å². The molecule has 0 bridgehead atoms. The van der Waals surface area contributed by atoms with Gasteiger partial charge in [-0.15, -0.1) is 16.9 Å². The Labute approximate surface area is 132 Å². The van der Waals surface area contributed by atoms with Crippen molar-refractivity contribution in [2.24, 2.45) is 10.3 Å². The van der Waals surface area contributed by atoms with Crippen molar-refractivity contribution in [1.29, 1.82) is 0 Å². The average Bonchev–Trinajstić information content (AvgIpc) is 2.46. The van der Waals surface area contributed by atoms with Crippen LogP contribution in [0.25, 0.3) is 0 Å². The van der Waals surface area contributed by atoms with Gasteiger partial charge in [-0.2, -0.15) is 0 Å². The van der Waals surface area contributed by atoms with E-state index in [0.717, 1.165) is 18.0 Å². The fourth-order valence-electron chi connectivity index (χ4n) is 1.10. The summed E-state index contributed by atoms with van der Waals surface area (Å²) >= 11 is 1.66. The Balaban J connectivity index is 3.94. The highest BCUT2D eigenvalue weighted by Gasteiger charge is 1.92. The molecule has 0 aromatic heterocycles. The Morgan fingerprint density at radius 1 is 1.38 bits per heavy atom. The molecule has 6 nitrogen and oxygen atoms in total. The van der Waals surface area contributed by atoms with Gasteiger partial charge in [0.05, 0.1) is 11.6 Å². The van der Waals surface area contributed by atoms with Crippen molar-refractivity contribution in [2.45, 2.75) is 13.3 Å². The number of hydrogen-bond donors (Lipinski definition) is 3. The molecule has 0 fully saturated rings. The van der Waals surface area contributed by atoms with Crippen LogP contribution in [0.5, 0.6) is 0 Å². The number of thioether (sulfide) groups is 1. The summed E-state index contributed by atoms with van der Waals surface area (Å²) in [5.74, 6) is 0.781. The molecule has 0 saturated carbocycles. The lowest BCUT2D eigenvalue weighted by molar-refractivity contribution is 0.406. The van der Waals surface area contributed by atoms with Gasteiger partial charge in [0.1, 0.15) is 0 Å². The third-order valence-electron chi connectivity index (χ3n) is 2.08. The summed E-state index contributed by atoms with van der Waals surface area (Å²) in [6.45, 7) is 5.80. The van der Waals surface area contributed by atoms with Crippen LogP contribution < -0.4 is 16.2 Å². The highest BCUT2D eigenvalue weighted by Crippen LogP contribution is 2.03. The number of hydrazine groups is 1. The van der Waals surface area contributed by atoms with E-state index in [0.29, 0.717) is 5.70 Å². The SMILES string of the molecule is C=C(/C=C\C/C(=C\C)NNCS/C=C\NC)N=NN(C)C. The van der Waals surface area contributed by atoms with Crippen LogP contribution in [0.15, 0.2) is 58.1 Å². The Morgan fingerprint density at radius 2 is 2.14 bits per heavy atom. The first-order valence-corrected chi connectivity index (χ1v) is 7.67. The van der Waals surface area contributed by atoms with Crippen molar-refractivity contribution in [3.8, 4) is 0 Å². The van der Waals surface area contributed by atoms with E-state index in [4.69, 9.17) is 0 Å². The van der Waals surface area contributed by atoms with Crippen LogP contribution in [0.4, 0.5) is 0 Å². The molecule has 0 aliphatic rings. The first kappa shape index (κ1) is 19.3. The van der Waals surface area contributed by atoms with Gasteiger partial charge in [0, 0.05) is 39.5 Å². The van der Waals surface area contributed by atoms with E-state index in [1.54, 1.807) is 16.8 Å². The van der Waals surface area contributed by atoms with Crippen LogP contribution in [0, 0.1) is 0 Å². The number of allylic oxidation sites excluding steroid dienone is 3. The first-order valence-electron chi connectivity index (χ1n) is 6.62. The van der Waals surface area contributed by atoms with Gasteiger partial charge in [-0.1, -0.05) is 24.0 Å². The zero-order valence-electron chi connectivity index (χ0n) is 13.3. The lowest BCUT2D eigenvalue weighted by Crippen LogP contribution is -2.30. The zero-order chi connectivity index (χ0) is 15.9. The van der Waals surface area contributed by atoms with Crippen LogP contribution in [-0.2, 0) is 0 Å². The highest BCUT2D eigenvalue weighted by atomic mass is 32.2. The first-order chi connectivity index (χ1) is 10.1. The van der Waals surface area contributed by atoms with Crippen LogP contribution in [-0.4, -0.2) is 32.0 Å². The average molecular weight is 310 g/mol. The molecule has 0 aliphatic heterocycles. The Bertz CT molecular complexity index is 398. The minimum absolute atomic E-state index is 0.625. The normalized spacial score (nSPS) is 12.5. The number of nitrogens with zero attached hydrogens (tertiary/aromatic N) is 3. The van der Waals surface area contributed by atoms with E-state index in [1.165, 1.54) is 0 Å². The smallest absolute Gasteiger partial charge is 0.0799 e. The number of nitrogens with one attached hydrogen (secondary N) is 3. The predicted molar refractivity (Wildman–Crippen MR) is 92.1 cm³/mol. The molecule has 0 rings (SSSR count). The van der Waals surface area contributed by atoms with Crippen molar-refractivity contribution in [1.82, 2.24) is 21.2 Å². The van der Waals surface area contributed by atoms with Gasteiger partial charge in [0.15, 0.2) is 0 Å². The molecule has 118 valence electrons. The molecule has 0 aliphatic carbocycles. The van der Waals surface area contributed by atoms with E-state index in [2.05, 4.69) is 33.1 Å². The predicted octanol–water partition coefficient (Wildman–Crippen LogP) is 2.75. The summed E-state index contributed by atoms with van der Waals surface area (Å²) in [6, 6.07) is 0. The van der Waals surface area contributed by atoms with Crippen LogP contribution in [0.3, 0.4) is 0 Å². The minimum atomic E-state index is 0.625. The number of hydrogen-bond acceptors (Lipinski definition) is 6. The maximum absolute atomic E-state index is 3.95. The third-order valence-corrected chi connectivity index (χ3v) is 2.72. The molecule has 0 aromatic carbocycles. The Morgan fingerprint density at radius 3 is 2.76 bits per heavy atom. The highest BCUT2D eigenvalue weighted by molar-refractivity contribution is 8.02. The van der Waals surface area contributed by atoms with Gasteiger partial charge >= 0.3 is 0 Å². The summed E-state index contributed by atoms with van der Waals surface area (Å²) in [5.41, 5.74) is 8.01. The molecule has 0 spiro atoms. The molecule has 0 unspecified atom stereocenters. The molecule has 0 atom stereocenters. The van der Waals surface area contributed by atoms with E-state index >= 15 is 0 Å². The third kappa shape index (κ3) is 13.0. The summed E-state index contributed by atoms with van der Waals surface area (Å²) in [4.78, 5) is 0. The van der Waals surface area contributed by atoms with Crippen molar-refractivity contribution in [2.75, 3.05) is 27.0 Å². The standard InChI is InChI=1S/C14H26N6S/c1-6-14(18-16-12-21-11-10-15-3)9-7-8-13(2)17-19-20(4)5/h6-8,10-11,15-16,18H,2,9,12H2,1,3-5H3/b8-7-,11-10-,14-6+,19-17?. The lowest BCUT2D eigenvalue weighted by Gasteiger charge is -2.09. The molecule has 21 heavy (non-hydrogen) atoms. The summed E-state index contributed by atoms with van der Waals surface area (Å²) in [6.07, 6.45) is 8.53. The second kappa shape index (κ2) is 13.3. The molecule has 0 radical (unpaired) electrons. The van der Waals surface area contributed by atoms with Gasteiger partial charge in [0.25, 0.3) is 0 Å². The van der Waals surface area contributed by atoms with Crippen molar-refractivity contribution in [3.05, 3.63) is 47.8 Å². The number of rotatable bonds is 11. The molecule has 0 amide bonds. The molecular weight excluding hydrogens is 284 g/mol. The van der Waals surface area contributed by atoms with Crippen LogP contribution in [0.1, 0.15) is 13.3 Å². The molecule has 3 N–H and O–H groups in total. The van der Waals surface area contributed by atoms with E-state index in [-0.39, 0.29) is 0 Å². The van der Waals surface area contributed by atoms with E-state index in [9.17, 15) is 0 Å². The van der Waals surface area contributed by atoms with Gasteiger partial charge in [0.2, 0.25) is 0 Å². The molecule has 0 heterocycles. The minimum Gasteiger partial charge on any atom is -0.394 e. The maximum Gasteiger partial charge on any atom is 0.0799 e. The molecular formula is C14H26N6S.